The highest BCUT2D eigenvalue weighted by atomic mass is 16.5. The molecule has 0 atom stereocenters. The van der Waals surface area contributed by atoms with Crippen LogP contribution in [0.1, 0.15) is 11.1 Å². The van der Waals surface area contributed by atoms with Crippen molar-refractivity contribution in [1.82, 2.24) is 0 Å². The Hall–Kier alpha value is -2.94. The van der Waals surface area contributed by atoms with E-state index in [0.29, 0.717) is 0 Å². The number of ether oxygens (including phenoxy) is 1. The number of allylic oxidation sites excluding steroid dienone is 4. The summed E-state index contributed by atoms with van der Waals surface area (Å²) in [6.07, 6.45) is 14.4. The van der Waals surface area contributed by atoms with Crippen molar-refractivity contribution in [2.75, 3.05) is 21.3 Å². The number of rotatable bonds is 8. The van der Waals surface area contributed by atoms with Crippen molar-refractivity contribution in [2.24, 2.45) is 0 Å². The fourth-order valence-corrected chi connectivity index (χ4v) is 2.72. The average Bonchev–Trinajstić information content (AvgIpc) is 2.69. The SMILES string of the molecule is COc1c(C/C=C/[C-]=[O+]C)cc(-c2ccccc2)cc1C/C=C/[C-]=[O+]C. The molecule has 2 rings (SSSR count). The van der Waals surface area contributed by atoms with Crippen molar-refractivity contribution >= 4 is 12.6 Å². The van der Waals surface area contributed by atoms with Crippen LogP contribution in [0.3, 0.4) is 0 Å². The second-order valence-corrected chi connectivity index (χ2v) is 5.55. The molecule has 2 aromatic carbocycles. The summed E-state index contributed by atoms with van der Waals surface area (Å²) in [6.45, 7) is 0. The van der Waals surface area contributed by atoms with Crippen LogP contribution in [0.2, 0.25) is 0 Å². The van der Waals surface area contributed by atoms with Gasteiger partial charge in [0.25, 0.3) is 0 Å². The van der Waals surface area contributed by atoms with Gasteiger partial charge in [0.1, 0.15) is 5.75 Å². The third kappa shape index (κ3) is 5.55. The average molecular weight is 348 g/mol. The minimum atomic E-state index is 0.729. The van der Waals surface area contributed by atoms with Gasteiger partial charge in [0.15, 0.2) is 0 Å². The number of methoxy groups -OCH3 is 1. The molecule has 0 aromatic heterocycles. The summed E-state index contributed by atoms with van der Waals surface area (Å²) in [4.78, 5) is 0. The van der Waals surface area contributed by atoms with Crippen LogP contribution in [-0.2, 0) is 21.7 Å². The van der Waals surface area contributed by atoms with Gasteiger partial charge in [-0.15, -0.1) is 12.2 Å². The largest absolute Gasteiger partial charge is 0.496 e. The minimum Gasteiger partial charge on any atom is -0.496 e. The summed E-state index contributed by atoms with van der Waals surface area (Å²) in [7, 11) is 4.87. The lowest BCUT2D eigenvalue weighted by Gasteiger charge is -2.17. The van der Waals surface area contributed by atoms with E-state index >= 15 is 0 Å². The van der Waals surface area contributed by atoms with Gasteiger partial charge in [-0.3, -0.25) is 0 Å². The first-order chi connectivity index (χ1) is 12.8. The third-order valence-electron chi connectivity index (χ3n) is 3.84. The summed E-state index contributed by atoms with van der Waals surface area (Å²) < 4.78 is 15.4. The van der Waals surface area contributed by atoms with E-state index in [2.05, 4.69) is 36.8 Å². The predicted octanol–water partition coefficient (Wildman–Crippen LogP) is 4.11. The molecule has 3 heteroatoms. The molecule has 0 unspecified atom stereocenters. The van der Waals surface area contributed by atoms with E-state index in [9.17, 15) is 0 Å². The number of hydrogen-bond donors (Lipinski definition) is 0. The zero-order valence-corrected chi connectivity index (χ0v) is 15.5. The van der Waals surface area contributed by atoms with E-state index in [-0.39, 0.29) is 0 Å². The van der Waals surface area contributed by atoms with Gasteiger partial charge in [-0.25, -0.2) is 12.2 Å². The summed E-state index contributed by atoms with van der Waals surface area (Å²) in [5, 5.41) is 0. The van der Waals surface area contributed by atoms with E-state index in [0.717, 1.165) is 35.3 Å². The fourth-order valence-electron chi connectivity index (χ4n) is 2.72. The molecule has 0 aliphatic rings. The molecule has 0 spiro atoms. The van der Waals surface area contributed by atoms with Gasteiger partial charge in [-0.1, -0.05) is 43.2 Å². The topological polar surface area (TPSA) is 31.8 Å². The Morgan fingerprint density at radius 1 is 0.846 bits per heavy atom. The van der Waals surface area contributed by atoms with Gasteiger partial charge in [0.05, 0.1) is 7.11 Å². The maximum Gasteiger partial charge on any atom is 0.229 e. The molecular formula is C23H24O3. The standard InChI is InChI=1S/C23H24O3/c1-24-15-9-7-13-20-17-22(19-11-5-4-6-12-19)18-21(23(20)26-3)14-8-10-16-25-2/h4-12,17-18H,13-14H2,1-3H3/b9-7+,10-8+. The Balaban J connectivity index is 2.45. The van der Waals surface area contributed by atoms with Gasteiger partial charge < -0.3 is 13.6 Å². The van der Waals surface area contributed by atoms with Crippen LogP contribution in [0.15, 0.2) is 66.8 Å². The molecular weight excluding hydrogens is 324 g/mol. The van der Waals surface area contributed by atoms with Gasteiger partial charge in [-0.05, 0) is 34.4 Å². The summed E-state index contributed by atoms with van der Waals surface area (Å²) in [5.41, 5.74) is 4.57. The summed E-state index contributed by atoms with van der Waals surface area (Å²) in [6, 6.07) is 14.7. The zero-order chi connectivity index (χ0) is 18.6. The first-order valence-corrected chi connectivity index (χ1v) is 8.42. The van der Waals surface area contributed by atoms with Crippen LogP contribution >= 0.6 is 0 Å². The highest BCUT2D eigenvalue weighted by molar-refractivity contribution is 5.69. The molecule has 0 aliphatic heterocycles. The van der Waals surface area contributed by atoms with Crippen LogP contribution in [-0.4, -0.2) is 33.9 Å². The van der Waals surface area contributed by atoms with Gasteiger partial charge >= 0.3 is 0 Å². The summed E-state index contributed by atoms with van der Waals surface area (Å²) in [5.74, 6) is 0.897. The molecule has 0 saturated carbocycles. The minimum absolute atomic E-state index is 0.729. The maximum atomic E-state index is 5.71. The highest BCUT2D eigenvalue weighted by Crippen LogP contribution is 2.32. The molecule has 0 fully saturated rings. The normalized spacial score (nSPS) is 12.1. The molecule has 0 N–H and O–H groups in total. The lowest BCUT2D eigenvalue weighted by molar-refractivity contribution is 0.186. The van der Waals surface area contributed by atoms with Crippen LogP contribution in [0.4, 0.5) is 0 Å². The lowest BCUT2D eigenvalue weighted by atomic mass is 9.95. The van der Waals surface area contributed by atoms with Crippen LogP contribution in [0, 0.1) is 0 Å². The quantitative estimate of drug-likeness (QED) is 0.401. The fraction of sp³-hybridized carbons (Fsp3) is 0.217. The number of benzene rings is 2. The second kappa shape index (κ2) is 10.8. The van der Waals surface area contributed by atoms with Gasteiger partial charge in [0.2, 0.25) is 26.8 Å². The molecule has 0 bridgehead atoms. The van der Waals surface area contributed by atoms with Gasteiger partial charge in [0, 0.05) is 0 Å². The van der Waals surface area contributed by atoms with Crippen molar-refractivity contribution in [3.05, 3.63) is 77.9 Å². The smallest absolute Gasteiger partial charge is 0.229 e. The third-order valence-corrected chi connectivity index (χ3v) is 3.84. The molecule has 0 saturated heterocycles. The van der Waals surface area contributed by atoms with E-state index in [1.54, 1.807) is 33.5 Å². The molecule has 0 radical (unpaired) electrons. The van der Waals surface area contributed by atoms with Crippen molar-refractivity contribution in [2.45, 2.75) is 12.8 Å². The van der Waals surface area contributed by atoms with Crippen molar-refractivity contribution < 1.29 is 13.6 Å². The van der Waals surface area contributed by atoms with Crippen molar-refractivity contribution in [3.63, 3.8) is 0 Å². The van der Waals surface area contributed by atoms with Gasteiger partial charge in [-0.2, -0.15) is 0 Å². The molecule has 3 nitrogen and oxygen atoms in total. The lowest BCUT2D eigenvalue weighted by Crippen LogP contribution is -1.98. The van der Waals surface area contributed by atoms with Crippen LogP contribution < -0.4 is 4.74 Å². The van der Waals surface area contributed by atoms with Crippen LogP contribution in [0.25, 0.3) is 11.1 Å². The second-order valence-electron chi connectivity index (χ2n) is 5.55. The molecule has 26 heavy (non-hydrogen) atoms. The Morgan fingerprint density at radius 3 is 1.85 bits per heavy atom. The first-order valence-electron chi connectivity index (χ1n) is 8.42. The Morgan fingerprint density at radius 2 is 1.38 bits per heavy atom. The van der Waals surface area contributed by atoms with Crippen molar-refractivity contribution in [3.8, 4) is 16.9 Å². The maximum absolute atomic E-state index is 5.71. The Kier molecular flexibility index (Phi) is 8.07. The van der Waals surface area contributed by atoms with E-state index in [1.807, 2.05) is 30.4 Å². The van der Waals surface area contributed by atoms with E-state index in [1.165, 1.54) is 5.56 Å². The van der Waals surface area contributed by atoms with E-state index in [4.69, 9.17) is 13.6 Å². The molecule has 2 aromatic rings. The molecule has 0 aliphatic carbocycles. The number of hydrogen-bond acceptors (Lipinski definition) is 1. The van der Waals surface area contributed by atoms with E-state index < -0.39 is 0 Å². The zero-order valence-electron chi connectivity index (χ0n) is 15.5. The Labute approximate surface area is 155 Å². The summed E-state index contributed by atoms with van der Waals surface area (Å²) >= 11 is 0. The highest BCUT2D eigenvalue weighted by Gasteiger charge is 2.09. The monoisotopic (exact) mass is 348 g/mol. The number of carbonyl (C=O) groups excluding carboxylic acids is 2. The molecule has 0 amide bonds. The first kappa shape index (κ1) is 19.4. The molecule has 0 heterocycles. The Bertz CT molecular complexity index is 754. The predicted molar refractivity (Wildman–Crippen MR) is 107 cm³/mol. The van der Waals surface area contributed by atoms with Crippen LogP contribution in [0.5, 0.6) is 5.75 Å². The molecule has 134 valence electrons. The van der Waals surface area contributed by atoms with Crippen molar-refractivity contribution in [1.29, 1.82) is 0 Å².